The van der Waals surface area contributed by atoms with Crippen molar-refractivity contribution in [2.45, 2.75) is 0 Å². The molecular weight excluding hydrogens is 287 g/mol. The van der Waals surface area contributed by atoms with Gasteiger partial charge >= 0.3 is 0 Å². The van der Waals surface area contributed by atoms with E-state index in [2.05, 4.69) is 0 Å². The summed E-state index contributed by atoms with van der Waals surface area (Å²) in [7, 11) is 0. The minimum absolute atomic E-state index is 0.432. The van der Waals surface area contributed by atoms with Crippen molar-refractivity contribution in [3.63, 3.8) is 0 Å². The third-order valence-corrected chi connectivity index (χ3v) is 2.56. The highest BCUT2D eigenvalue weighted by Crippen LogP contribution is 2.41. The van der Waals surface area contributed by atoms with Crippen LogP contribution in [0.5, 0.6) is 17.2 Å². The fraction of sp³-hybridized carbons (Fsp3) is 0. The minimum atomic E-state index is -2.11. The molecule has 2 rings (SSSR count). The third-order valence-electron chi connectivity index (χ3n) is 2.56. The second kappa shape index (κ2) is 4.55. The largest absolute Gasteiger partial charge is 0.508 e. The third kappa shape index (κ3) is 1.89. The Balaban J connectivity index is 2.91. The maximum atomic E-state index is 13.6. The van der Waals surface area contributed by atoms with Crippen molar-refractivity contribution in [1.29, 1.82) is 0 Å². The van der Waals surface area contributed by atoms with E-state index in [-0.39, 0.29) is 0 Å². The summed E-state index contributed by atoms with van der Waals surface area (Å²) in [5, 5.41) is 27.3. The predicted octanol–water partition coefficient (Wildman–Crippen LogP) is 3.17. The summed E-state index contributed by atoms with van der Waals surface area (Å²) in [5.74, 6) is -13.8. The zero-order valence-electron chi connectivity index (χ0n) is 9.39. The lowest BCUT2D eigenvalue weighted by Gasteiger charge is -2.11. The number of hydrogen-bond donors (Lipinski definition) is 3. The zero-order valence-corrected chi connectivity index (χ0v) is 9.39. The summed E-state index contributed by atoms with van der Waals surface area (Å²) >= 11 is 0. The Kier molecular flexibility index (Phi) is 3.16. The van der Waals surface area contributed by atoms with E-state index in [1.807, 2.05) is 0 Å². The summed E-state index contributed by atoms with van der Waals surface area (Å²) in [5.41, 5.74) is -2.46. The molecule has 0 unspecified atom stereocenters. The molecule has 0 aromatic heterocycles. The molecule has 0 saturated carbocycles. The predicted molar refractivity (Wildman–Crippen MR) is 56.7 cm³/mol. The summed E-state index contributed by atoms with van der Waals surface area (Å²) in [6.45, 7) is 0. The van der Waals surface area contributed by atoms with Gasteiger partial charge < -0.3 is 15.3 Å². The number of halogens is 5. The maximum absolute atomic E-state index is 13.6. The molecule has 0 saturated heterocycles. The van der Waals surface area contributed by atoms with E-state index < -0.39 is 57.5 Å². The molecule has 0 amide bonds. The lowest BCUT2D eigenvalue weighted by molar-refractivity contribution is 0.358. The number of phenolic OH excluding ortho intramolecular Hbond substituents is 3. The first-order valence-electron chi connectivity index (χ1n) is 5.02. The average molecular weight is 292 g/mol. The highest BCUT2D eigenvalue weighted by molar-refractivity contribution is 5.73. The number of hydrogen-bond acceptors (Lipinski definition) is 3. The minimum Gasteiger partial charge on any atom is -0.508 e. The van der Waals surface area contributed by atoms with Crippen LogP contribution in [0, 0.1) is 29.1 Å². The van der Waals surface area contributed by atoms with Gasteiger partial charge in [-0.2, -0.15) is 8.78 Å². The van der Waals surface area contributed by atoms with Crippen LogP contribution in [0.2, 0.25) is 0 Å². The van der Waals surface area contributed by atoms with Crippen molar-refractivity contribution in [3.8, 4) is 28.4 Å². The van der Waals surface area contributed by atoms with Crippen LogP contribution in [0.15, 0.2) is 12.1 Å². The maximum Gasteiger partial charge on any atom is 0.204 e. The average Bonchev–Trinajstić information content (AvgIpc) is 2.39. The van der Waals surface area contributed by atoms with E-state index in [0.29, 0.717) is 12.1 Å². The fourth-order valence-corrected chi connectivity index (χ4v) is 1.63. The molecule has 0 spiro atoms. The van der Waals surface area contributed by atoms with Crippen molar-refractivity contribution in [2.24, 2.45) is 0 Å². The van der Waals surface area contributed by atoms with Crippen molar-refractivity contribution in [2.75, 3.05) is 0 Å². The molecule has 0 heterocycles. The van der Waals surface area contributed by atoms with Gasteiger partial charge in [0.2, 0.25) is 11.6 Å². The van der Waals surface area contributed by atoms with Crippen LogP contribution in [-0.4, -0.2) is 15.3 Å². The lowest BCUT2D eigenvalue weighted by Crippen LogP contribution is -2.00. The number of benzene rings is 2. The SMILES string of the molecule is Oc1cc(F)c(O)c(-c2c(F)c(F)c(O)c(F)c2F)c1. The van der Waals surface area contributed by atoms with Gasteiger partial charge in [0, 0.05) is 11.6 Å². The van der Waals surface area contributed by atoms with Crippen LogP contribution in [-0.2, 0) is 0 Å². The van der Waals surface area contributed by atoms with E-state index in [9.17, 15) is 27.1 Å². The smallest absolute Gasteiger partial charge is 0.204 e. The molecule has 0 aliphatic rings. The molecule has 0 radical (unpaired) electrons. The van der Waals surface area contributed by atoms with E-state index in [0.717, 1.165) is 0 Å². The van der Waals surface area contributed by atoms with Crippen molar-refractivity contribution >= 4 is 0 Å². The van der Waals surface area contributed by atoms with Gasteiger partial charge in [-0.1, -0.05) is 0 Å². The van der Waals surface area contributed by atoms with E-state index >= 15 is 0 Å². The molecule has 0 fully saturated rings. The summed E-state index contributed by atoms with van der Waals surface area (Å²) in [4.78, 5) is 0. The second-order valence-corrected chi connectivity index (χ2v) is 3.80. The molecule has 0 bridgehead atoms. The van der Waals surface area contributed by atoms with Crippen LogP contribution in [0.3, 0.4) is 0 Å². The van der Waals surface area contributed by atoms with Crippen LogP contribution < -0.4 is 0 Å². The molecule has 0 aliphatic heterocycles. The molecule has 2 aromatic rings. The molecule has 3 N–H and O–H groups in total. The molecular formula is C12H5F5O3. The molecule has 8 heteroatoms. The fourth-order valence-electron chi connectivity index (χ4n) is 1.63. The Morgan fingerprint density at radius 1 is 0.650 bits per heavy atom. The van der Waals surface area contributed by atoms with Gasteiger partial charge in [-0.05, 0) is 6.07 Å². The topological polar surface area (TPSA) is 60.7 Å². The molecule has 20 heavy (non-hydrogen) atoms. The summed E-state index contributed by atoms with van der Waals surface area (Å²) < 4.78 is 66.7. The van der Waals surface area contributed by atoms with Crippen molar-refractivity contribution < 1.29 is 37.3 Å². The Morgan fingerprint density at radius 3 is 1.65 bits per heavy atom. The van der Waals surface area contributed by atoms with Crippen LogP contribution in [0.4, 0.5) is 22.0 Å². The van der Waals surface area contributed by atoms with Gasteiger partial charge in [-0.3, -0.25) is 0 Å². The first-order chi connectivity index (χ1) is 9.25. The van der Waals surface area contributed by atoms with Gasteiger partial charge in [0.1, 0.15) is 5.75 Å². The normalized spacial score (nSPS) is 10.8. The Hall–Kier alpha value is -2.51. The Bertz CT molecular complexity index is 686. The molecule has 106 valence electrons. The van der Waals surface area contributed by atoms with Crippen molar-refractivity contribution in [1.82, 2.24) is 0 Å². The van der Waals surface area contributed by atoms with Gasteiger partial charge in [0.05, 0.1) is 5.56 Å². The molecule has 0 atom stereocenters. The highest BCUT2D eigenvalue weighted by Gasteiger charge is 2.28. The van der Waals surface area contributed by atoms with Crippen LogP contribution in [0.25, 0.3) is 11.1 Å². The van der Waals surface area contributed by atoms with E-state index in [1.54, 1.807) is 0 Å². The summed E-state index contributed by atoms with van der Waals surface area (Å²) in [6, 6.07) is 0.942. The van der Waals surface area contributed by atoms with E-state index in [4.69, 9.17) is 10.2 Å². The molecule has 2 aromatic carbocycles. The van der Waals surface area contributed by atoms with E-state index in [1.165, 1.54) is 0 Å². The Labute approximate surface area is 108 Å². The van der Waals surface area contributed by atoms with Gasteiger partial charge in [-0.15, -0.1) is 0 Å². The lowest BCUT2D eigenvalue weighted by atomic mass is 10.0. The second-order valence-electron chi connectivity index (χ2n) is 3.80. The first-order valence-corrected chi connectivity index (χ1v) is 5.02. The van der Waals surface area contributed by atoms with Gasteiger partial charge in [0.25, 0.3) is 0 Å². The van der Waals surface area contributed by atoms with Crippen LogP contribution in [0.1, 0.15) is 0 Å². The van der Waals surface area contributed by atoms with Crippen molar-refractivity contribution in [3.05, 3.63) is 41.2 Å². The number of rotatable bonds is 1. The van der Waals surface area contributed by atoms with Gasteiger partial charge in [0.15, 0.2) is 29.0 Å². The van der Waals surface area contributed by atoms with Gasteiger partial charge in [-0.25, -0.2) is 13.2 Å². The zero-order chi connectivity index (χ0) is 15.2. The first kappa shape index (κ1) is 13.9. The standard InChI is InChI=1S/C12H5F5O3/c13-5-2-3(18)1-4(11(5)19)6-7(14)9(16)12(20)10(17)8(6)15/h1-2,18-20H. The highest BCUT2D eigenvalue weighted by atomic mass is 19.2. The quantitative estimate of drug-likeness (QED) is 0.430. The van der Waals surface area contributed by atoms with Crippen LogP contribution >= 0.6 is 0 Å². The Morgan fingerprint density at radius 2 is 1.15 bits per heavy atom. The summed E-state index contributed by atoms with van der Waals surface area (Å²) in [6.07, 6.45) is 0. The number of phenols is 3. The molecule has 0 aliphatic carbocycles. The number of aromatic hydroxyl groups is 3. The monoisotopic (exact) mass is 292 g/mol. The molecule has 3 nitrogen and oxygen atoms in total.